The van der Waals surface area contributed by atoms with Crippen LogP contribution in [0.15, 0.2) is 72.8 Å². The van der Waals surface area contributed by atoms with Gasteiger partial charge < -0.3 is 9.80 Å². The lowest BCUT2D eigenvalue weighted by atomic mass is 10.0. The molecule has 1 aliphatic rings. The zero-order valence-electron chi connectivity index (χ0n) is 21.0. The Bertz CT molecular complexity index is 1440. The smallest absolute Gasteiger partial charge is 0.255 e. The zero-order valence-corrected chi connectivity index (χ0v) is 23.3. The second kappa shape index (κ2) is 11.7. The number of carbonyl (C=O) groups excluding carboxylic acids is 1. The molecule has 1 amide bonds. The van der Waals surface area contributed by atoms with E-state index in [1.54, 1.807) is 18.2 Å². The van der Waals surface area contributed by atoms with Crippen molar-refractivity contribution >= 4 is 46.5 Å². The summed E-state index contributed by atoms with van der Waals surface area (Å²) in [4.78, 5) is 27.4. The molecule has 5 nitrogen and oxygen atoms in total. The van der Waals surface area contributed by atoms with Gasteiger partial charge in [0.2, 0.25) is 0 Å². The molecule has 1 saturated heterocycles. The van der Waals surface area contributed by atoms with E-state index in [9.17, 15) is 4.79 Å². The predicted octanol–water partition coefficient (Wildman–Crippen LogP) is 7.36. The fraction of sp³-hybridized carbons (Fsp3) is 0.233. The molecule has 2 heterocycles. The van der Waals surface area contributed by atoms with Gasteiger partial charge in [-0.2, -0.15) is 0 Å². The Labute approximate surface area is 238 Å². The minimum absolute atomic E-state index is 0.0845. The maximum atomic E-state index is 13.3. The third kappa shape index (κ3) is 5.96. The van der Waals surface area contributed by atoms with Gasteiger partial charge in [-0.15, -0.1) is 0 Å². The lowest BCUT2D eigenvalue weighted by Gasteiger charge is -2.26. The molecule has 1 aliphatic heterocycles. The van der Waals surface area contributed by atoms with Crippen LogP contribution in [0.4, 0.5) is 5.82 Å². The number of nitrogens with zero attached hydrogens (tertiary/aromatic N) is 4. The Morgan fingerprint density at radius 2 is 1.58 bits per heavy atom. The van der Waals surface area contributed by atoms with E-state index in [0.717, 1.165) is 41.2 Å². The third-order valence-corrected chi connectivity index (χ3v) is 7.56. The van der Waals surface area contributed by atoms with Crippen molar-refractivity contribution in [3.05, 3.63) is 110 Å². The lowest BCUT2D eigenvalue weighted by Crippen LogP contribution is -2.36. The standard InChI is InChI=1S/C30H27Cl3N4O/c1-20-26(18-21-8-10-23(31)11-9-21)29(35-28(34-20)22-6-3-2-4-7-22)36-14-5-15-37(17-16-36)30(38)25-13-12-24(32)19-27(25)33/h2-4,6-13,19H,5,14-18H2,1H3. The molecule has 1 fully saturated rings. The first-order chi connectivity index (χ1) is 18.4. The van der Waals surface area contributed by atoms with Crippen LogP contribution in [0.3, 0.4) is 0 Å². The van der Waals surface area contributed by atoms with Crippen LogP contribution in [-0.4, -0.2) is 47.0 Å². The van der Waals surface area contributed by atoms with E-state index in [1.807, 2.05) is 66.4 Å². The van der Waals surface area contributed by atoms with Crippen LogP contribution in [0.2, 0.25) is 15.1 Å². The molecule has 8 heteroatoms. The topological polar surface area (TPSA) is 49.3 Å². The molecule has 38 heavy (non-hydrogen) atoms. The molecular formula is C30H27Cl3N4O. The Hall–Kier alpha value is -3.12. The second-order valence-corrected chi connectivity index (χ2v) is 10.6. The number of carbonyl (C=O) groups is 1. The molecule has 0 unspecified atom stereocenters. The number of halogens is 3. The van der Waals surface area contributed by atoms with Crippen LogP contribution in [-0.2, 0) is 6.42 Å². The van der Waals surface area contributed by atoms with E-state index in [1.165, 1.54) is 0 Å². The molecule has 0 saturated carbocycles. The van der Waals surface area contributed by atoms with E-state index in [4.69, 9.17) is 44.8 Å². The summed E-state index contributed by atoms with van der Waals surface area (Å²) >= 11 is 18.5. The van der Waals surface area contributed by atoms with Crippen LogP contribution in [0.1, 0.15) is 33.6 Å². The summed E-state index contributed by atoms with van der Waals surface area (Å²) in [5, 5.41) is 1.59. The maximum Gasteiger partial charge on any atom is 0.255 e. The number of rotatable bonds is 5. The van der Waals surface area contributed by atoms with Gasteiger partial charge >= 0.3 is 0 Å². The van der Waals surface area contributed by atoms with Gasteiger partial charge in [0.15, 0.2) is 5.82 Å². The van der Waals surface area contributed by atoms with E-state index in [-0.39, 0.29) is 5.91 Å². The number of benzene rings is 3. The van der Waals surface area contributed by atoms with Crippen LogP contribution in [0.5, 0.6) is 0 Å². The van der Waals surface area contributed by atoms with E-state index < -0.39 is 0 Å². The highest BCUT2D eigenvalue weighted by molar-refractivity contribution is 6.36. The molecule has 0 radical (unpaired) electrons. The fourth-order valence-corrected chi connectivity index (χ4v) is 5.35. The molecule has 0 spiro atoms. The molecular weight excluding hydrogens is 539 g/mol. The number of anilines is 1. The van der Waals surface area contributed by atoms with Crippen molar-refractivity contribution in [2.24, 2.45) is 0 Å². The molecule has 0 N–H and O–H groups in total. The summed E-state index contributed by atoms with van der Waals surface area (Å²) < 4.78 is 0. The van der Waals surface area contributed by atoms with Crippen LogP contribution in [0, 0.1) is 6.92 Å². The van der Waals surface area contributed by atoms with Gasteiger partial charge in [0.1, 0.15) is 5.82 Å². The first-order valence-electron chi connectivity index (χ1n) is 12.6. The number of aromatic nitrogens is 2. The summed E-state index contributed by atoms with van der Waals surface area (Å²) in [5.74, 6) is 1.52. The molecule has 0 atom stereocenters. The largest absolute Gasteiger partial charge is 0.354 e. The highest BCUT2D eigenvalue weighted by Crippen LogP contribution is 2.29. The first kappa shape index (κ1) is 26.5. The minimum Gasteiger partial charge on any atom is -0.354 e. The minimum atomic E-state index is -0.0845. The van der Waals surface area contributed by atoms with Crippen LogP contribution < -0.4 is 4.90 Å². The first-order valence-corrected chi connectivity index (χ1v) is 13.7. The number of hydrogen-bond donors (Lipinski definition) is 0. The molecule has 4 aromatic rings. The molecule has 3 aromatic carbocycles. The average molecular weight is 566 g/mol. The van der Waals surface area contributed by atoms with Crippen molar-refractivity contribution in [3.8, 4) is 11.4 Å². The average Bonchev–Trinajstić information content (AvgIpc) is 3.17. The van der Waals surface area contributed by atoms with Gasteiger partial charge in [0.25, 0.3) is 5.91 Å². The van der Waals surface area contributed by atoms with Crippen LogP contribution >= 0.6 is 34.8 Å². The lowest BCUT2D eigenvalue weighted by molar-refractivity contribution is 0.0767. The van der Waals surface area contributed by atoms with Crippen molar-refractivity contribution in [3.63, 3.8) is 0 Å². The maximum absolute atomic E-state index is 13.3. The Kier molecular flexibility index (Phi) is 8.18. The van der Waals surface area contributed by atoms with E-state index >= 15 is 0 Å². The van der Waals surface area contributed by atoms with Gasteiger partial charge in [0.05, 0.1) is 10.6 Å². The normalized spacial score (nSPS) is 13.9. The van der Waals surface area contributed by atoms with E-state index in [0.29, 0.717) is 52.5 Å². The highest BCUT2D eigenvalue weighted by atomic mass is 35.5. The Morgan fingerprint density at radius 1 is 0.842 bits per heavy atom. The van der Waals surface area contributed by atoms with E-state index in [2.05, 4.69) is 4.90 Å². The molecule has 0 bridgehead atoms. The highest BCUT2D eigenvalue weighted by Gasteiger charge is 2.25. The van der Waals surface area contributed by atoms with Crippen LogP contribution in [0.25, 0.3) is 11.4 Å². The van der Waals surface area contributed by atoms with Crippen molar-refractivity contribution in [2.45, 2.75) is 19.8 Å². The van der Waals surface area contributed by atoms with Crippen molar-refractivity contribution in [1.29, 1.82) is 0 Å². The second-order valence-electron chi connectivity index (χ2n) is 9.36. The fourth-order valence-electron chi connectivity index (χ4n) is 4.74. The number of aryl methyl sites for hydroxylation is 1. The molecule has 194 valence electrons. The monoisotopic (exact) mass is 564 g/mol. The van der Waals surface area contributed by atoms with Crippen molar-refractivity contribution < 1.29 is 4.79 Å². The summed E-state index contributed by atoms with van der Waals surface area (Å²) in [5.41, 5.74) is 4.59. The quantitative estimate of drug-likeness (QED) is 0.254. The van der Waals surface area contributed by atoms with Gasteiger partial charge in [-0.3, -0.25) is 4.79 Å². The zero-order chi connectivity index (χ0) is 26.6. The van der Waals surface area contributed by atoms with Crippen molar-refractivity contribution in [1.82, 2.24) is 14.9 Å². The van der Waals surface area contributed by atoms with Gasteiger partial charge in [-0.25, -0.2) is 9.97 Å². The summed E-state index contributed by atoms with van der Waals surface area (Å²) in [6, 6.07) is 22.9. The van der Waals surface area contributed by atoms with Gasteiger partial charge in [-0.1, -0.05) is 77.3 Å². The van der Waals surface area contributed by atoms with Crippen molar-refractivity contribution in [2.75, 3.05) is 31.1 Å². The third-order valence-electron chi connectivity index (χ3n) is 6.76. The number of hydrogen-bond acceptors (Lipinski definition) is 4. The molecule has 0 aliphatic carbocycles. The summed E-state index contributed by atoms with van der Waals surface area (Å²) in [7, 11) is 0. The Morgan fingerprint density at radius 3 is 2.32 bits per heavy atom. The van der Waals surface area contributed by atoms with Gasteiger partial charge in [0, 0.05) is 59.5 Å². The summed E-state index contributed by atoms with van der Waals surface area (Å²) in [6.07, 6.45) is 1.49. The summed E-state index contributed by atoms with van der Waals surface area (Å²) in [6.45, 7) is 4.66. The predicted molar refractivity (Wildman–Crippen MR) is 156 cm³/mol. The Balaban J connectivity index is 1.46. The molecule has 5 rings (SSSR count). The molecule has 1 aromatic heterocycles. The number of amides is 1. The van der Waals surface area contributed by atoms with Gasteiger partial charge in [-0.05, 0) is 49.2 Å². The SMILES string of the molecule is Cc1nc(-c2ccccc2)nc(N2CCCN(C(=O)c3ccc(Cl)cc3Cl)CC2)c1Cc1ccc(Cl)cc1.